The zero-order valence-corrected chi connectivity index (χ0v) is 12.5. The fourth-order valence-corrected chi connectivity index (χ4v) is 2.02. The van der Waals surface area contributed by atoms with E-state index in [1.165, 1.54) is 11.1 Å². The summed E-state index contributed by atoms with van der Waals surface area (Å²) in [4.78, 5) is 0. The minimum absolute atomic E-state index is 0.542. The third-order valence-electron chi connectivity index (χ3n) is 3.50. The third kappa shape index (κ3) is 4.40. The van der Waals surface area contributed by atoms with Crippen LogP contribution in [0, 0.1) is 12.8 Å². The van der Waals surface area contributed by atoms with Crippen LogP contribution in [0.25, 0.3) is 0 Å². The lowest BCUT2D eigenvalue weighted by atomic mass is 10.1. The average molecular weight is 266 g/mol. The van der Waals surface area contributed by atoms with Crippen LogP contribution in [0.15, 0.2) is 12.1 Å². The molecule has 0 fully saturated rings. The van der Waals surface area contributed by atoms with Crippen molar-refractivity contribution < 1.29 is 9.47 Å². The van der Waals surface area contributed by atoms with Crippen molar-refractivity contribution in [1.29, 1.82) is 0 Å². The second-order valence-corrected chi connectivity index (χ2v) is 4.77. The van der Waals surface area contributed by atoms with Crippen LogP contribution in [-0.2, 0) is 6.54 Å². The number of hydrogen-bond acceptors (Lipinski definition) is 4. The smallest absolute Gasteiger partial charge is 0.161 e. The molecule has 3 N–H and O–H groups in total. The van der Waals surface area contributed by atoms with E-state index in [1.54, 1.807) is 14.2 Å². The SMILES string of the molecule is CCC(CN)CNCc1cc(OC)c(OC)cc1C. The molecule has 4 nitrogen and oxygen atoms in total. The summed E-state index contributed by atoms with van der Waals surface area (Å²) in [6.45, 7) is 6.75. The number of aryl methyl sites for hydroxylation is 1. The van der Waals surface area contributed by atoms with Gasteiger partial charge in [0.15, 0.2) is 11.5 Å². The summed E-state index contributed by atoms with van der Waals surface area (Å²) in [5, 5.41) is 3.46. The zero-order chi connectivity index (χ0) is 14.3. The minimum atomic E-state index is 0.542. The first kappa shape index (κ1) is 15.8. The Morgan fingerprint density at radius 1 is 1.21 bits per heavy atom. The quantitative estimate of drug-likeness (QED) is 0.756. The molecule has 0 amide bonds. The van der Waals surface area contributed by atoms with E-state index in [4.69, 9.17) is 15.2 Å². The molecule has 0 bridgehead atoms. The highest BCUT2D eigenvalue weighted by Crippen LogP contribution is 2.30. The summed E-state index contributed by atoms with van der Waals surface area (Å²) in [6.07, 6.45) is 1.11. The normalized spacial score (nSPS) is 12.3. The van der Waals surface area contributed by atoms with Gasteiger partial charge in [0.05, 0.1) is 14.2 Å². The lowest BCUT2D eigenvalue weighted by molar-refractivity contribution is 0.354. The number of nitrogens with two attached hydrogens (primary N) is 1. The maximum atomic E-state index is 5.70. The van der Waals surface area contributed by atoms with E-state index in [9.17, 15) is 0 Å². The standard InChI is InChI=1S/C15H26N2O2/c1-5-12(8-16)9-17-10-13-7-15(19-4)14(18-3)6-11(13)2/h6-7,12,17H,5,8-10,16H2,1-4H3. The summed E-state index contributed by atoms with van der Waals surface area (Å²) in [7, 11) is 3.31. The van der Waals surface area contributed by atoms with E-state index in [0.717, 1.165) is 37.6 Å². The average Bonchev–Trinajstić information content (AvgIpc) is 2.44. The van der Waals surface area contributed by atoms with Gasteiger partial charge < -0.3 is 20.5 Å². The predicted octanol–water partition coefficient (Wildman–Crippen LogP) is 2.09. The van der Waals surface area contributed by atoms with Crippen LogP contribution in [0.3, 0.4) is 0 Å². The molecule has 0 saturated carbocycles. The van der Waals surface area contributed by atoms with Gasteiger partial charge in [-0.05, 0) is 49.2 Å². The molecular weight excluding hydrogens is 240 g/mol. The van der Waals surface area contributed by atoms with Crippen molar-refractivity contribution in [3.05, 3.63) is 23.3 Å². The van der Waals surface area contributed by atoms with Crippen molar-refractivity contribution >= 4 is 0 Å². The first-order chi connectivity index (χ1) is 9.15. The molecule has 0 aliphatic carbocycles. The summed E-state index contributed by atoms with van der Waals surface area (Å²) in [6, 6.07) is 4.04. The fraction of sp³-hybridized carbons (Fsp3) is 0.600. The maximum absolute atomic E-state index is 5.70. The molecule has 0 aliphatic heterocycles. The number of hydrogen-bond donors (Lipinski definition) is 2. The van der Waals surface area contributed by atoms with Gasteiger partial charge in [-0.2, -0.15) is 0 Å². The molecule has 108 valence electrons. The second kappa shape index (κ2) is 8.02. The number of nitrogens with one attached hydrogen (secondary N) is 1. The van der Waals surface area contributed by atoms with Crippen molar-refractivity contribution in [3.8, 4) is 11.5 Å². The first-order valence-corrected chi connectivity index (χ1v) is 6.78. The molecule has 1 aromatic carbocycles. The Hall–Kier alpha value is -1.26. The fourth-order valence-electron chi connectivity index (χ4n) is 2.02. The van der Waals surface area contributed by atoms with Gasteiger partial charge in [0.25, 0.3) is 0 Å². The molecular formula is C15H26N2O2. The Balaban J connectivity index is 2.68. The Bertz CT molecular complexity index is 390. The molecule has 19 heavy (non-hydrogen) atoms. The summed E-state index contributed by atoms with van der Waals surface area (Å²) >= 11 is 0. The number of ether oxygens (including phenoxy) is 2. The molecule has 1 atom stereocenters. The molecule has 0 heterocycles. The van der Waals surface area contributed by atoms with Gasteiger partial charge in [0.1, 0.15) is 0 Å². The van der Waals surface area contributed by atoms with Crippen molar-refractivity contribution in [2.75, 3.05) is 27.3 Å². The summed E-state index contributed by atoms with van der Waals surface area (Å²) in [5.41, 5.74) is 8.13. The maximum Gasteiger partial charge on any atom is 0.161 e. The van der Waals surface area contributed by atoms with Gasteiger partial charge in [-0.1, -0.05) is 13.3 Å². The van der Waals surface area contributed by atoms with E-state index in [-0.39, 0.29) is 0 Å². The molecule has 0 spiro atoms. The Morgan fingerprint density at radius 2 is 1.84 bits per heavy atom. The van der Waals surface area contributed by atoms with Crippen LogP contribution in [0.5, 0.6) is 11.5 Å². The zero-order valence-electron chi connectivity index (χ0n) is 12.5. The van der Waals surface area contributed by atoms with Gasteiger partial charge >= 0.3 is 0 Å². The molecule has 1 unspecified atom stereocenters. The van der Waals surface area contributed by atoms with Crippen LogP contribution in [0.2, 0.25) is 0 Å². The van der Waals surface area contributed by atoms with Crippen LogP contribution in [0.4, 0.5) is 0 Å². The summed E-state index contributed by atoms with van der Waals surface area (Å²) < 4.78 is 10.6. The van der Waals surface area contributed by atoms with E-state index >= 15 is 0 Å². The van der Waals surface area contributed by atoms with E-state index in [2.05, 4.69) is 19.2 Å². The highest BCUT2D eigenvalue weighted by Gasteiger charge is 2.09. The molecule has 1 aromatic rings. The van der Waals surface area contributed by atoms with Crippen molar-refractivity contribution in [2.24, 2.45) is 11.7 Å². The van der Waals surface area contributed by atoms with Gasteiger partial charge in [0, 0.05) is 6.54 Å². The lowest BCUT2D eigenvalue weighted by Gasteiger charge is -2.16. The Kier molecular flexibility index (Phi) is 6.67. The van der Waals surface area contributed by atoms with Crippen LogP contribution in [-0.4, -0.2) is 27.3 Å². The van der Waals surface area contributed by atoms with Crippen molar-refractivity contribution in [3.63, 3.8) is 0 Å². The lowest BCUT2D eigenvalue weighted by Crippen LogP contribution is -2.27. The van der Waals surface area contributed by atoms with Crippen LogP contribution in [0.1, 0.15) is 24.5 Å². The number of rotatable bonds is 8. The monoisotopic (exact) mass is 266 g/mol. The Labute approximate surface area is 116 Å². The largest absolute Gasteiger partial charge is 0.493 e. The highest BCUT2D eigenvalue weighted by molar-refractivity contribution is 5.46. The minimum Gasteiger partial charge on any atom is -0.493 e. The molecule has 0 aromatic heterocycles. The predicted molar refractivity (Wildman–Crippen MR) is 78.8 cm³/mol. The van der Waals surface area contributed by atoms with E-state index in [0.29, 0.717) is 5.92 Å². The van der Waals surface area contributed by atoms with Gasteiger partial charge in [-0.3, -0.25) is 0 Å². The number of methoxy groups -OCH3 is 2. The highest BCUT2D eigenvalue weighted by atomic mass is 16.5. The Morgan fingerprint density at radius 3 is 2.37 bits per heavy atom. The van der Waals surface area contributed by atoms with Gasteiger partial charge in [-0.25, -0.2) is 0 Å². The summed E-state index contributed by atoms with van der Waals surface area (Å²) in [5.74, 6) is 2.09. The van der Waals surface area contributed by atoms with Crippen LogP contribution < -0.4 is 20.5 Å². The molecule has 0 saturated heterocycles. The second-order valence-electron chi connectivity index (χ2n) is 4.77. The van der Waals surface area contributed by atoms with Crippen LogP contribution >= 0.6 is 0 Å². The van der Waals surface area contributed by atoms with Crippen molar-refractivity contribution in [1.82, 2.24) is 5.32 Å². The molecule has 1 rings (SSSR count). The first-order valence-electron chi connectivity index (χ1n) is 6.78. The third-order valence-corrected chi connectivity index (χ3v) is 3.50. The van der Waals surface area contributed by atoms with Gasteiger partial charge in [0.2, 0.25) is 0 Å². The number of benzene rings is 1. The topological polar surface area (TPSA) is 56.5 Å². The van der Waals surface area contributed by atoms with E-state index in [1.807, 2.05) is 12.1 Å². The molecule has 0 aliphatic rings. The van der Waals surface area contributed by atoms with E-state index < -0.39 is 0 Å². The van der Waals surface area contributed by atoms with Gasteiger partial charge in [-0.15, -0.1) is 0 Å². The molecule has 4 heteroatoms. The molecule has 0 radical (unpaired) electrons. The van der Waals surface area contributed by atoms with Crippen molar-refractivity contribution in [2.45, 2.75) is 26.8 Å².